The second kappa shape index (κ2) is 5.50. The van der Waals surface area contributed by atoms with Crippen LogP contribution in [0.2, 0.25) is 0 Å². The van der Waals surface area contributed by atoms with Gasteiger partial charge in [0.15, 0.2) is 0 Å². The van der Waals surface area contributed by atoms with Crippen molar-refractivity contribution in [3.63, 3.8) is 0 Å². The molecule has 3 nitrogen and oxygen atoms in total. The average Bonchev–Trinajstić information content (AvgIpc) is 2.75. The number of benzene rings is 1. The fourth-order valence-corrected chi connectivity index (χ4v) is 2.93. The summed E-state index contributed by atoms with van der Waals surface area (Å²) in [6.45, 7) is 4.83. The third-order valence-electron chi connectivity index (χ3n) is 3.13. The molecule has 96 valence electrons. The SMILES string of the molecule is CCC(C)NCc1c(C(=O)O)sc2ccccc12. The van der Waals surface area contributed by atoms with E-state index < -0.39 is 5.97 Å². The minimum atomic E-state index is -0.836. The van der Waals surface area contributed by atoms with Gasteiger partial charge in [-0.05, 0) is 30.4 Å². The highest BCUT2D eigenvalue weighted by atomic mass is 32.1. The molecule has 2 rings (SSSR count). The third kappa shape index (κ3) is 2.54. The number of carbonyl (C=O) groups is 1. The molecule has 1 aromatic carbocycles. The maximum absolute atomic E-state index is 11.3. The summed E-state index contributed by atoms with van der Waals surface area (Å²) in [5.41, 5.74) is 0.906. The van der Waals surface area contributed by atoms with E-state index in [4.69, 9.17) is 0 Å². The molecule has 2 N–H and O–H groups in total. The molecule has 0 fully saturated rings. The molecule has 0 aliphatic rings. The second-order valence-electron chi connectivity index (χ2n) is 4.40. The van der Waals surface area contributed by atoms with Gasteiger partial charge in [0.05, 0.1) is 0 Å². The first kappa shape index (κ1) is 13.1. The Morgan fingerprint density at radius 1 is 1.44 bits per heavy atom. The summed E-state index contributed by atoms with van der Waals surface area (Å²) in [6, 6.07) is 8.25. The first-order chi connectivity index (χ1) is 8.63. The lowest BCUT2D eigenvalue weighted by Crippen LogP contribution is -2.25. The molecule has 0 saturated carbocycles. The average molecular weight is 263 g/mol. The molecule has 2 aromatic rings. The van der Waals surface area contributed by atoms with Gasteiger partial charge in [0, 0.05) is 17.3 Å². The van der Waals surface area contributed by atoms with Gasteiger partial charge in [0.1, 0.15) is 4.88 Å². The zero-order valence-corrected chi connectivity index (χ0v) is 11.4. The first-order valence-corrected chi connectivity index (χ1v) is 6.92. The van der Waals surface area contributed by atoms with Gasteiger partial charge in [-0.2, -0.15) is 0 Å². The number of hydrogen-bond acceptors (Lipinski definition) is 3. The molecule has 1 heterocycles. The van der Waals surface area contributed by atoms with Crippen molar-refractivity contribution in [1.29, 1.82) is 0 Å². The van der Waals surface area contributed by atoms with E-state index in [1.165, 1.54) is 11.3 Å². The van der Waals surface area contributed by atoms with Crippen LogP contribution in [0.25, 0.3) is 10.1 Å². The summed E-state index contributed by atoms with van der Waals surface area (Å²) in [5, 5.41) is 13.7. The number of nitrogens with one attached hydrogen (secondary N) is 1. The van der Waals surface area contributed by atoms with E-state index in [0.29, 0.717) is 17.5 Å². The van der Waals surface area contributed by atoms with Crippen LogP contribution in [0.15, 0.2) is 24.3 Å². The monoisotopic (exact) mass is 263 g/mol. The minimum Gasteiger partial charge on any atom is -0.477 e. The Morgan fingerprint density at radius 2 is 2.17 bits per heavy atom. The van der Waals surface area contributed by atoms with Gasteiger partial charge in [0.25, 0.3) is 0 Å². The lowest BCUT2D eigenvalue weighted by molar-refractivity contribution is 0.0701. The molecule has 0 aliphatic carbocycles. The van der Waals surface area contributed by atoms with E-state index >= 15 is 0 Å². The van der Waals surface area contributed by atoms with E-state index in [9.17, 15) is 9.90 Å². The van der Waals surface area contributed by atoms with Crippen LogP contribution < -0.4 is 5.32 Å². The zero-order chi connectivity index (χ0) is 13.1. The van der Waals surface area contributed by atoms with Gasteiger partial charge in [-0.1, -0.05) is 25.1 Å². The molecular weight excluding hydrogens is 246 g/mol. The standard InChI is InChI=1S/C14H17NO2S/c1-3-9(2)15-8-11-10-6-4-5-7-12(10)18-13(11)14(16)17/h4-7,9,15H,3,8H2,1-2H3,(H,16,17). The summed E-state index contributed by atoms with van der Waals surface area (Å²) in [6.07, 6.45) is 1.03. The van der Waals surface area contributed by atoms with Crippen LogP contribution in [-0.2, 0) is 6.54 Å². The molecule has 1 atom stereocenters. The van der Waals surface area contributed by atoms with Crippen LogP contribution in [0, 0.1) is 0 Å². The predicted molar refractivity (Wildman–Crippen MR) is 75.4 cm³/mol. The summed E-state index contributed by atoms with van der Waals surface area (Å²) in [4.78, 5) is 11.7. The smallest absolute Gasteiger partial charge is 0.346 e. The number of aromatic carboxylic acids is 1. The molecule has 0 saturated heterocycles. The fraction of sp³-hybridized carbons (Fsp3) is 0.357. The normalized spacial score (nSPS) is 12.8. The molecule has 1 unspecified atom stereocenters. The topological polar surface area (TPSA) is 49.3 Å². The Kier molecular flexibility index (Phi) is 3.99. The fourth-order valence-electron chi connectivity index (χ4n) is 1.87. The van der Waals surface area contributed by atoms with Crippen molar-refractivity contribution in [3.8, 4) is 0 Å². The van der Waals surface area contributed by atoms with Gasteiger partial charge >= 0.3 is 5.97 Å². The van der Waals surface area contributed by atoms with Gasteiger partial charge in [-0.15, -0.1) is 11.3 Å². The molecule has 0 amide bonds. The third-order valence-corrected chi connectivity index (χ3v) is 4.33. The highest BCUT2D eigenvalue weighted by molar-refractivity contribution is 7.21. The molecule has 0 aliphatic heterocycles. The molecule has 4 heteroatoms. The van der Waals surface area contributed by atoms with Gasteiger partial charge in [-0.25, -0.2) is 4.79 Å². The number of thiophene rings is 1. The minimum absolute atomic E-state index is 0.394. The van der Waals surface area contributed by atoms with Crippen LogP contribution in [-0.4, -0.2) is 17.1 Å². The number of fused-ring (bicyclic) bond motifs is 1. The summed E-state index contributed by atoms with van der Waals surface area (Å²) in [7, 11) is 0. The maximum Gasteiger partial charge on any atom is 0.346 e. The quantitative estimate of drug-likeness (QED) is 0.868. The Morgan fingerprint density at radius 3 is 2.83 bits per heavy atom. The molecular formula is C14H17NO2S. The number of rotatable bonds is 5. The Labute approximate surface area is 110 Å². The Hall–Kier alpha value is -1.39. The molecule has 0 radical (unpaired) electrons. The highest BCUT2D eigenvalue weighted by Gasteiger charge is 2.17. The number of carboxylic acid groups (broad SMARTS) is 1. The van der Waals surface area contributed by atoms with E-state index in [0.717, 1.165) is 22.1 Å². The van der Waals surface area contributed by atoms with Crippen molar-refractivity contribution in [2.24, 2.45) is 0 Å². The molecule has 0 bridgehead atoms. The second-order valence-corrected chi connectivity index (χ2v) is 5.45. The summed E-state index contributed by atoms with van der Waals surface area (Å²) in [5.74, 6) is -0.836. The Bertz CT molecular complexity index is 562. The van der Waals surface area contributed by atoms with E-state index in [2.05, 4.69) is 19.2 Å². The van der Waals surface area contributed by atoms with E-state index in [-0.39, 0.29) is 0 Å². The van der Waals surface area contributed by atoms with Crippen molar-refractivity contribution in [3.05, 3.63) is 34.7 Å². The molecule has 1 aromatic heterocycles. The van der Waals surface area contributed by atoms with Crippen molar-refractivity contribution in [2.45, 2.75) is 32.9 Å². The first-order valence-electron chi connectivity index (χ1n) is 6.10. The van der Waals surface area contributed by atoms with Crippen molar-refractivity contribution < 1.29 is 9.90 Å². The van der Waals surface area contributed by atoms with E-state index in [1.54, 1.807) is 0 Å². The Balaban J connectivity index is 2.39. The molecule has 0 spiro atoms. The predicted octanol–water partition coefficient (Wildman–Crippen LogP) is 3.49. The van der Waals surface area contributed by atoms with Crippen molar-refractivity contribution >= 4 is 27.4 Å². The van der Waals surface area contributed by atoms with Crippen LogP contribution in [0.4, 0.5) is 0 Å². The summed E-state index contributed by atoms with van der Waals surface area (Å²) < 4.78 is 1.04. The number of carboxylic acids is 1. The lowest BCUT2D eigenvalue weighted by atomic mass is 10.1. The van der Waals surface area contributed by atoms with Crippen LogP contribution in [0.5, 0.6) is 0 Å². The van der Waals surface area contributed by atoms with Crippen molar-refractivity contribution in [1.82, 2.24) is 5.32 Å². The summed E-state index contributed by atoms with van der Waals surface area (Å²) >= 11 is 1.35. The highest BCUT2D eigenvalue weighted by Crippen LogP contribution is 2.31. The number of hydrogen-bond donors (Lipinski definition) is 2. The molecule has 18 heavy (non-hydrogen) atoms. The van der Waals surface area contributed by atoms with Crippen LogP contribution in [0.3, 0.4) is 0 Å². The van der Waals surface area contributed by atoms with Crippen LogP contribution >= 0.6 is 11.3 Å². The van der Waals surface area contributed by atoms with Crippen molar-refractivity contribution in [2.75, 3.05) is 0 Å². The van der Waals surface area contributed by atoms with E-state index in [1.807, 2.05) is 24.3 Å². The lowest BCUT2D eigenvalue weighted by Gasteiger charge is -2.11. The van der Waals surface area contributed by atoms with Gasteiger partial charge < -0.3 is 10.4 Å². The van der Waals surface area contributed by atoms with Gasteiger partial charge in [0.2, 0.25) is 0 Å². The zero-order valence-electron chi connectivity index (χ0n) is 10.6. The maximum atomic E-state index is 11.3. The van der Waals surface area contributed by atoms with Gasteiger partial charge in [-0.3, -0.25) is 0 Å². The largest absolute Gasteiger partial charge is 0.477 e. The van der Waals surface area contributed by atoms with Crippen LogP contribution in [0.1, 0.15) is 35.5 Å².